The number of hydrogen-bond acceptors (Lipinski definition) is 3. The smallest absolute Gasteiger partial charge is 0.234 e. The summed E-state index contributed by atoms with van der Waals surface area (Å²) in [5.74, 6) is -0.0704. The van der Waals surface area contributed by atoms with Crippen LogP contribution in [-0.2, 0) is 10.2 Å². The molecule has 0 spiro atoms. The van der Waals surface area contributed by atoms with Gasteiger partial charge in [0.1, 0.15) is 0 Å². The molecule has 0 aromatic heterocycles. The van der Waals surface area contributed by atoms with Crippen molar-refractivity contribution in [3.8, 4) is 0 Å². The molecule has 0 saturated carbocycles. The number of anilines is 1. The summed E-state index contributed by atoms with van der Waals surface area (Å²) in [6.45, 7) is 5.51. The maximum absolute atomic E-state index is 12.5. The SMILES string of the molecule is C/C(=N\O)c1ccc(NC(=O)C(C)(C)c2ccccc2)cc1. The molecule has 4 nitrogen and oxygen atoms in total. The first-order valence-electron chi connectivity index (χ1n) is 7.11. The molecule has 0 radical (unpaired) electrons. The zero-order chi connectivity index (χ0) is 16.2. The van der Waals surface area contributed by atoms with Gasteiger partial charge in [-0.1, -0.05) is 47.6 Å². The number of rotatable bonds is 4. The maximum Gasteiger partial charge on any atom is 0.234 e. The van der Waals surface area contributed by atoms with Crippen molar-refractivity contribution < 1.29 is 10.0 Å². The highest BCUT2D eigenvalue weighted by Gasteiger charge is 2.29. The molecule has 2 aromatic rings. The number of nitrogens with one attached hydrogen (secondary N) is 1. The van der Waals surface area contributed by atoms with Gasteiger partial charge in [0.25, 0.3) is 0 Å². The molecular formula is C18H20N2O2. The first-order chi connectivity index (χ1) is 10.4. The second-order valence-corrected chi connectivity index (χ2v) is 5.71. The lowest BCUT2D eigenvalue weighted by Gasteiger charge is -2.24. The van der Waals surface area contributed by atoms with Gasteiger partial charge in [-0.3, -0.25) is 4.79 Å². The van der Waals surface area contributed by atoms with E-state index in [4.69, 9.17) is 5.21 Å². The highest BCUT2D eigenvalue weighted by atomic mass is 16.4. The van der Waals surface area contributed by atoms with Crippen molar-refractivity contribution in [3.63, 3.8) is 0 Å². The minimum Gasteiger partial charge on any atom is -0.411 e. The molecule has 0 fully saturated rings. The van der Waals surface area contributed by atoms with Gasteiger partial charge in [0.15, 0.2) is 0 Å². The van der Waals surface area contributed by atoms with Crippen molar-refractivity contribution in [2.45, 2.75) is 26.2 Å². The summed E-state index contributed by atoms with van der Waals surface area (Å²) in [6, 6.07) is 16.9. The van der Waals surface area contributed by atoms with Crippen molar-refractivity contribution in [3.05, 3.63) is 65.7 Å². The second-order valence-electron chi connectivity index (χ2n) is 5.71. The minimum absolute atomic E-state index is 0.0704. The van der Waals surface area contributed by atoms with Gasteiger partial charge in [0, 0.05) is 5.69 Å². The molecule has 2 N–H and O–H groups in total. The van der Waals surface area contributed by atoms with Gasteiger partial charge < -0.3 is 10.5 Å². The van der Waals surface area contributed by atoms with Crippen molar-refractivity contribution in [1.82, 2.24) is 0 Å². The number of amides is 1. The van der Waals surface area contributed by atoms with Crippen LogP contribution in [0.5, 0.6) is 0 Å². The molecule has 2 aromatic carbocycles. The largest absolute Gasteiger partial charge is 0.411 e. The Bertz CT molecular complexity index is 674. The Labute approximate surface area is 130 Å². The zero-order valence-corrected chi connectivity index (χ0v) is 13.0. The van der Waals surface area contributed by atoms with Crippen LogP contribution in [0.4, 0.5) is 5.69 Å². The molecule has 0 bridgehead atoms. The van der Waals surface area contributed by atoms with E-state index in [9.17, 15) is 4.79 Å². The number of oxime groups is 1. The van der Waals surface area contributed by atoms with Gasteiger partial charge in [0.2, 0.25) is 5.91 Å². The predicted molar refractivity (Wildman–Crippen MR) is 88.5 cm³/mol. The number of benzene rings is 2. The molecule has 22 heavy (non-hydrogen) atoms. The quantitative estimate of drug-likeness (QED) is 0.512. The van der Waals surface area contributed by atoms with Gasteiger partial charge in [0.05, 0.1) is 11.1 Å². The average Bonchev–Trinajstić information content (AvgIpc) is 2.55. The third kappa shape index (κ3) is 3.34. The molecule has 0 heterocycles. The molecule has 0 aliphatic carbocycles. The van der Waals surface area contributed by atoms with E-state index in [0.29, 0.717) is 11.4 Å². The van der Waals surface area contributed by atoms with Crippen LogP contribution in [-0.4, -0.2) is 16.8 Å². The standard InChI is InChI=1S/C18H20N2O2/c1-13(20-22)14-9-11-16(12-10-14)19-17(21)18(2,3)15-7-5-4-6-8-15/h4-12,22H,1-3H3,(H,19,21)/b20-13+. The summed E-state index contributed by atoms with van der Waals surface area (Å²) < 4.78 is 0. The van der Waals surface area contributed by atoms with Crippen molar-refractivity contribution in [2.75, 3.05) is 5.32 Å². The molecule has 0 aliphatic rings. The third-order valence-electron chi connectivity index (χ3n) is 3.77. The second kappa shape index (κ2) is 6.43. The Kier molecular flexibility index (Phi) is 4.61. The molecule has 0 saturated heterocycles. The summed E-state index contributed by atoms with van der Waals surface area (Å²) in [4.78, 5) is 12.5. The molecule has 1 amide bonds. The number of nitrogens with zero attached hydrogens (tertiary/aromatic N) is 1. The van der Waals surface area contributed by atoms with Crippen LogP contribution in [0.3, 0.4) is 0 Å². The molecule has 114 valence electrons. The average molecular weight is 296 g/mol. The minimum atomic E-state index is -0.623. The summed E-state index contributed by atoms with van der Waals surface area (Å²) >= 11 is 0. The number of carbonyl (C=O) groups excluding carboxylic acids is 1. The monoisotopic (exact) mass is 296 g/mol. The van der Waals surface area contributed by atoms with Crippen molar-refractivity contribution in [2.24, 2.45) is 5.16 Å². The van der Waals surface area contributed by atoms with Crippen LogP contribution < -0.4 is 5.32 Å². The Balaban J connectivity index is 2.15. The van der Waals surface area contributed by atoms with Crippen LogP contribution in [0.2, 0.25) is 0 Å². The molecule has 0 aliphatic heterocycles. The fourth-order valence-electron chi connectivity index (χ4n) is 2.13. The zero-order valence-electron chi connectivity index (χ0n) is 13.0. The van der Waals surface area contributed by atoms with E-state index in [0.717, 1.165) is 11.1 Å². The maximum atomic E-state index is 12.5. The Morgan fingerprint density at radius 2 is 1.64 bits per heavy atom. The van der Waals surface area contributed by atoms with E-state index >= 15 is 0 Å². The molecule has 0 atom stereocenters. The number of hydrogen-bond donors (Lipinski definition) is 2. The van der Waals surface area contributed by atoms with Gasteiger partial charge in [-0.2, -0.15) is 0 Å². The summed E-state index contributed by atoms with van der Waals surface area (Å²) in [6.07, 6.45) is 0. The Morgan fingerprint density at radius 3 is 2.18 bits per heavy atom. The topological polar surface area (TPSA) is 61.7 Å². The van der Waals surface area contributed by atoms with E-state index in [1.54, 1.807) is 31.2 Å². The van der Waals surface area contributed by atoms with E-state index in [1.165, 1.54) is 0 Å². The van der Waals surface area contributed by atoms with E-state index in [-0.39, 0.29) is 5.91 Å². The molecule has 2 rings (SSSR count). The van der Waals surface area contributed by atoms with Gasteiger partial charge in [-0.25, -0.2) is 0 Å². The predicted octanol–water partition coefficient (Wildman–Crippen LogP) is 3.80. The van der Waals surface area contributed by atoms with Crippen LogP contribution in [0.1, 0.15) is 31.9 Å². The lowest BCUT2D eigenvalue weighted by atomic mass is 9.83. The van der Waals surface area contributed by atoms with E-state index in [2.05, 4.69) is 10.5 Å². The fraction of sp³-hybridized carbons (Fsp3) is 0.222. The molecule has 4 heteroatoms. The van der Waals surface area contributed by atoms with Gasteiger partial charge in [-0.15, -0.1) is 0 Å². The van der Waals surface area contributed by atoms with Gasteiger partial charge in [-0.05, 0) is 44.0 Å². The van der Waals surface area contributed by atoms with Crippen molar-refractivity contribution in [1.29, 1.82) is 0 Å². The van der Waals surface area contributed by atoms with Crippen molar-refractivity contribution >= 4 is 17.3 Å². The third-order valence-corrected chi connectivity index (χ3v) is 3.77. The Morgan fingerprint density at radius 1 is 1.05 bits per heavy atom. The fourth-order valence-corrected chi connectivity index (χ4v) is 2.13. The molecular weight excluding hydrogens is 276 g/mol. The highest BCUT2D eigenvalue weighted by molar-refractivity contribution is 6.00. The highest BCUT2D eigenvalue weighted by Crippen LogP contribution is 2.25. The van der Waals surface area contributed by atoms with E-state index < -0.39 is 5.41 Å². The molecule has 0 unspecified atom stereocenters. The summed E-state index contributed by atoms with van der Waals surface area (Å²) in [7, 11) is 0. The lowest BCUT2D eigenvalue weighted by Crippen LogP contribution is -2.34. The lowest BCUT2D eigenvalue weighted by molar-refractivity contribution is -0.120. The van der Waals surface area contributed by atoms with E-state index in [1.807, 2.05) is 44.2 Å². The first-order valence-corrected chi connectivity index (χ1v) is 7.11. The first kappa shape index (κ1) is 15.8. The Hall–Kier alpha value is -2.62. The van der Waals surface area contributed by atoms with Crippen LogP contribution in [0.15, 0.2) is 59.8 Å². The summed E-state index contributed by atoms with van der Waals surface area (Å²) in [5.41, 5.74) is 2.39. The number of carbonyl (C=O) groups is 1. The van der Waals surface area contributed by atoms with Crippen LogP contribution >= 0.6 is 0 Å². The van der Waals surface area contributed by atoms with Crippen LogP contribution in [0.25, 0.3) is 0 Å². The summed E-state index contributed by atoms with van der Waals surface area (Å²) in [5, 5.41) is 14.8. The van der Waals surface area contributed by atoms with Crippen LogP contribution in [0, 0.1) is 0 Å². The van der Waals surface area contributed by atoms with Gasteiger partial charge >= 0.3 is 0 Å². The normalized spacial score (nSPS) is 12.0.